The number of hydrogen-bond acceptors (Lipinski definition) is 2. The largest absolute Gasteiger partial charge is 0.485 e. The summed E-state index contributed by atoms with van der Waals surface area (Å²) >= 11 is 3.59. The molecule has 1 heterocycles. The van der Waals surface area contributed by atoms with E-state index in [9.17, 15) is 5.11 Å². The van der Waals surface area contributed by atoms with E-state index < -0.39 is 6.10 Å². The summed E-state index contributed by atoms with van der Waals surface area (Å²) < 4.78 is 7.11. The standard InChI is InChI=1S/C17H17BrO2/c1-10-4-6-16-13(7-10)15(19)9-17(20-16)12-5-3-11(2)8-14(12)18/h3-8,15,17,19H,9H2,1-2H3/t15-,17?/m1/s1. The zero-order valence-electron chi connectivity index (χ0n) is 11.6. The Labute approximate surface area is 127 Å². The van der Waals surface area contributed by atoms with Crippen molar-refractivity contribution < 1.29 is 9.84 Å². The molecule has 1 N–H and O–H groups in total. The number of halogens is 1. The van der Waals surface area contributed by atoms with E-state index in [0.717, 1.165) is 26.9 Å². The zero-order valence-corrected chi connectivity index (χ0v) is 13.1. The Hall–Kier alpha value is -1.32. The van der Waals surface area contributed by atoms with Crippen molar-refractivity contribution in [3.05, 3.63) is 63.1 Å². The molecule has 0 amide bonds. The fourth-order valence-electron chi connectivity index (χ4n) is 2.65. The van der Waals surface area contributed by atoms with Gasteiger partial charge in [0, 0.05) is 22.0 Å². The van der Waals surface area contributed by atoms with Crippen molar-refractivity contribution in [1.29, 1.82) is 0 Å². The molecule has 0 bridgehead atoms. The molecule has 2 atom stereocenters. The van der Waals surface area contributed by atoms with Gasteiger partial charge in [0.2, 0.25) is 0 Å². The fourth-order valence-corrected chi connectivity index (χ4v) is 3.40. The van der Waals surface area contributed by atoms with E-state index in [2.05, 4.69) is 41.1 Å². The van der Waals surface area contributed by atoms with Gasteiger partial charge in [-0.25, -0.2) is 0 Å². The molecule has 0 radical (unpaired) electrons. The van der Waals surface area contributed by atoms with Gasteiger partial charge < -0.3 is 9.84 Å². The van der Waals surface area contributed by atoms with Crippen LogP contribution in [0, 0.1) is 13.8 Å². The molecule has 3 rings (SSSR count). The van der Waals surface area contributed by atoms with Crippen LogP contribution in [-0.2, 0) is 0 Å². The monoisotopic (exact) mass is 332 g/mol. The summed E-state index contributed by atoms with van der Waals surface area (Å²) in [6.45, 7) is 4.08. The molecule has 1 aliphatic rings. The van der Waals surface area contributed by atoms with E-state index in [1.165, 1.54) is 5.56 Å². The summed E-state index contributed by atoms with van der Waals surface area (Å²) in [5, 5.41) is 10.4. The number of fused-ring (bicyclic) bond motifs is 1. The van der Waals surface area contributed by atoms with Gasteiger partial charge in [0.05, 0.1) is 6.10 Å². The van der Waals surface area contributed by atoms with E-state index in [0.29, 0.717) is 6.42 Å². The number of aliphatic hydroxyl groups excluding tert-OH is 1. The predicted octanol–water partition coefficient (Wildman–Crippen LogP) is 4.62. The molecule has 0 saturated heterocycles. The summed E-state index contributed by atoms with van der Waals surface area (Å²) in [4.78, 5) is 0. The minimum Gasteiger partial charge on any atom is -0.485 e. The van der Waals surface area contributed by atoms with Crippen LogP contribution in [0.4, 0.5) is 0 Å². The molecule has 20 heavy (non-hydrogen) atoms. The summed E-state index contributed by atoms with van der Waals surface area (Å²) in [5.41, 5.74) is 4.32. The number of rotatable bonds is 1. The number of benzene rings is 2. The third-order valence-corrected chi connectivity index (χ3v) is 4.42. The number of aryl methyl sites for hydroxylation is 2. The van der Waals surface area contributed by atoms with Gasteiger partial charge in [0.1, 0.15) is 11.9 Å². The quantitative estimate of drug-likeness (QED) is 0.825. The maximum atomic E-state index is 10.4. The second-order valence-corrected chi connectivity index (χ2v) is 6.28. The van der Waals surface area contributed by atoms with E-state index >= 15 is 0 Å². The van der Waals surface area contributed by atoms with E-state index in [1.54, 1.807) is 0 Å². The average molecular weight is 333 g/mol. The first-order valence-electron chi connectivity index (χ1n) is 6.76. The highest BCUT2D eigenvalue weighted by Gasteiger charge is 2.29. The topological polar surface area (TPSA) is 29.5 Å². The van der Waals surface area contributed by atoms with Gasteiger partial charge in [0.25, 0.3) is 0 Å². The zero-order chi connectivity index (χ0) is 14.3. The molecule has 3 heteroatoms. The normalized spacial score (nSPS) is 21.2. The highest BCUT2D eigenvalue weighted by molar-refractivity contribution is 9.10. The lowest BCUT2D eigenvalue weighted by Gasteiger charge is -2.30. The van der Waals surface area contributed by atoms with Gasteiger partial charge in [0.15, 0.2) is 0 Å². The van der Waals surface area contributed by atoms with Crippen molar-refractivity contribution in [2.45, 2.75) is 32.5 Å². The summed E-state index contributed by atoms with van der Waals surface area (Å²) in [7, 11) is 0. The summed E-state index contributed by atoms with van der Waals surface area (Å²) in [5.74, 6) is 0.784. The fraction of sp³-hybridized carbons (Fsp3) is 0.294. The summed E-state index contributed by atoms with van der Waals surface area (Å²) in [6.07, 6.45) is -0.00925. The van der Waals surface area contributed by atoms with Crippen molar-refractivity contribution in [3.8, 4) is 5.75 Å². The molecule has 0 fully saturated rings. The molecule has 2 aromatic rings. The lowest BCUT2D eigenvalue weighted by molar-refractivity contribution is 0.0653. The highest BCUT2D eigenvalue weighted by Crippen LogP contribution is 2.42. The van der Waals surface area contributed by atoms with Crippen LogP contribution in [0.25, 0.3) is 0 Å². The smallest absolute Gasteiger partial charge is 0.128 e. The molecule has 0 aromatic heterocycles. The van der Waals surface area contributed by atoms with Gasteiger partial charge in [-0.1, -0.05) is 39.7 Å². The average Bonchev–Trinajstić information content (AvgIpc) is 2.39. The Kier molecular flexibility index (Phi) is 3.57. The van der Waals surface area contributed by atoms with Crippen LogP contribution in [0.3, 0.4) is 0 Å². The van der Waals surface area contributed by atoms with Crippen LogP contribution < -0.4 is 4.74 Å². The van der Waals surface area contributed by atoms with Gasteiger partial charge in [-0.3, -0.25) is 0 Å². The lowest BCUT2D eigenvalue weighted by Crippen LogP contribution is -2.19. The Balaban J connectivity index is 1.97. The molecular weight excluding hydrogens is 316 g/mol. The maximum absolute atomic E-state index is 10.4. The van der Waals surface area contributed by atoms with E-state index in [-0.39, 0.29) is 6.10 Å². The minimum atomic E-state index is -0.475. The summed E-state index contributed by atoms with van der Waals surface area (Å²) in [6, 6.07) is 12.2. The molecule has 0 saturated carbocycles. The van der Waals surface area contributed by atoms with E-state index in [4.69, 9.17) is 4.74 Å². The molecule has 2 nitrogen and oxygen atoms in total. The first kappa shape index (κ1) is 13.7. The maximum Gasteiger partial charge on any atom is 0.128 e. The second kappa shape index (κ2) is 5.23. The minimum absolute atomic E-state index is 0.116. The Morgan fingerprint density at radius 3 is 2.50 bits per heavy atom. The van der Waals surface area contributed by atoms with Crippen LogP contribution in [0.2, 0.25) is 0 Å². The lowest BCUT2D eigenvalue weighted by atomic mass is 9.94. The van der Waals surface area contributed by atoms with Crippen LogP contribution in [0.1, 0.15) is 40.9 Å². The van der Waals surface area contributed by atoms with Crippen molar-refractivity contribution in [3.63, 3.8) is 0 Å². The van der Waals surface area contributed by atoms with Crippen LogP contribution in [-0.4, -0.2) is 5.11 Å². The number of aliphatic hydroxyl groups is 1. The Morgan fingerprint density at radius 1 is 1.05 bits per heavy atom. The van der Waals surface area contributed by atoms with Crippen molar-refractivity contribution in [1.82, 2.24) is 0 Å². The van der Waals surface area contributed by atoms with Crippen LogP contribution >= 0.6 is 15.9 Å². The van der Waals surface area contributed by atoms with Crippen molar-refractivity contribution in [2.24, 2.45) is 0 Å². The van der Waals surface area contributed by atoms with Crippen molar-refractivity contribution in [2.75, 3.05) is 0 Å². The van der Waals surface area contributed by atoms with Crippen LogP contribution in [0.15, 0.2) is 40.9 Å². The van der Waals surface area contributed by atoms with Crippen molar-refractivity contribution >= 4 is 15.9 Å². The molecule has 2 aromatic carbocycles. The third kappa shape index (κ3) is 2.48. The van der Waals surface area contributed by atoms with Gasteiger partial charge in [-0.2, -0.15) is 0 Å². The molecular formula is C17H17BrO2. The van der Waals surface area contributed by atoms with E-state index in [1.807, 2.05) is 25.1 Å². The highest BCUT2D eigenvalue weighted by atomic mass is 79.9. The molecule has 0 aliphatic carbocycles. The molecule has 104 valence electrons. The number of ether oxygens (including phenoxy) is 1. The Bertz CT molecular complexity index is 651. The first-order chi connectivity index (χ1) is 9.54. The van der Waals surface area contributed by atoms with Gasteiger partial charge in [-0.15, -0.1) is 0 Å². The first-order valence-corrected chi connectivity index (χ1v) is 7.55. The third-order valence-electron chi connectivity index (χ3n) is 3.73. The molecule has 0 spiro atoms. The SMILES string of the molecule is Cc1ccc(C2C[C@@H](O)c3cc(C)ccc3O2)c(Br)c1. The molecule has 1 aliphatic heterocycles. The second-order valence-electron chi connectivity index (χ2n) is 5.42. The van der Waals surface area contributed by atoms with Crippen LogP contribution in [0.5, 0.6) is 5.75 Å². The van der Waals surface area contributed by atoms with Gasteiger partial charge >= 0.3 is 0 Å². The predicted molar refractivity (Wildman–Crippen MR) is 83.0 cm³/mol. The number of hydrogen-bond donors (Lipinski definition) is 1. The molecule has 1 unspecified atom stereocenters. The van der Waals surface area contributed by atoms with Gasteiger partial charge in [-0.05, 0) is 37.6 Å². The Morgan fingerprint density at radius 2 is 1.75 bits per heavy atom.